The van der Waals surface area contributed by atoms with Crippen LogP contribution in [0.15, 0.2) is 0 Å². The number of likely N-dealkylation sites (tertiary alicyclic amines) is 1. The fraction of sp³-hybridized carbons (Fsp3) is 1.00. The molecular weight excluding hydrogens is 208 g/mol. The number of nitrogens with zero attached hydrogens (tertiary/aromatic N) is 1. The average molecular weight is 238 g/mol. The minimum absolute atomic E-state index is 0.147. The van der Waals surface area contributed by atoms with Crippen LogP contribution in [0.2, 0.25) is 0 Å². The summed E-state index contributed by atoms with van der Waals surface area (Å²) in [5, 5.41) is 0. The highest BCUT2D eigenvalue weighted by Crippen LogP contribution is 2.35. The molecule has 1 aliphatic heterocycles. The molecule has 2 aliphatic rings. The highest BCUT2D eigenvalue weighted by atomic mass is 15.2. The Hall–Kier alpha value is -0.0800. The van der Waals surface area contributed by atoms with Crippen molar-refractivity contribution in [1.82, 2.24) is 4.90 Å². The molecule has 0 radical (unpaired) electrons. The molecule has 0 aromatic rings. The van der Waals surface area contributed by atoms with Crippen molar-refractivity contribution >= 4 is 0 Å². The maximum Gasteiger partial charge on any atom is 0.0283 e. The molecule has 0 bridgehead atoms. The van der Waals surface area contributed by atoms with Crippen molar-refractivity contribution in [3.05, 3.63) is 0 Å². The molecule has 0 unspecified atom stereocenters. The van der Waals surface area contributed by atoms with E-state index in [2.05, 4.69) is 25.7 Å². The maximum atomic E-state index is 6.47. The van der Waals surface area contributed by atoms with Crippen molar-refractivity contribution in [1.29, 1.82) is 0 Å². The summed E-state index contributed by atoms with van der Waals surface area (Å²) in [6.07, 6.45) is 7.89. The Kier molecular flexibility index (Phi) is 3.84. The first-order valence-electron chi connectivity index (χ1n) is 7.40. The van der Waals surface area contributed by atoms with E-state index in [4.69, 9.17) is 5.73 Å². The fourth-order valence-corrected chi connectivity index (χ4v) is 3.64. The molecule has 0 atom stereocenters. The lowest BCUT2D eigenvalue weighted by Gasteiger charge is -2.41. The molecule has 1 aliphatic carbocycles. The zero-order chi connectivity index (χ0) is 12.5. The van der Waals surface area contributed by atoms with Gasteiger partial charge in [-0.2, -0.15) is 0 Å². The normalized spacial score (nSPS) is 27.5. The van der Waals surface area contributed by atoms with Gasteiger partial charge in [0.25, 0.3) is 0 Å². The van der Waals surface area contributed by atoms with Crippen LogP contribution in [-0.2, 0) is 0 Å². The van der Waals surface area contributed by atoms with Crippen molar-refractivity contribution in [2.75, 3.05) is 19.6 Å². The molecular formula is C15H30N2. The van der Waals surface area contributed by atoms with Gasteiger partial charge in [0.05, 0.1) is 0 Å². The SMILES string of the molecule is CC(C)(C)C1CCN(CC2(N)CCCC2)CC1. The van der Waals surface area contributed by atoms with Crippen molar-refractivity contribution < 1.29 is 0 Å². The summed E-state index contributed by atoms with van der Waals surface area (Å²) in [4.78, 5) is 2.62. The molecule has 0 spiro atoms. The lowest BCUT2D eigenvalue weighted by atomic mass is 9.75. The predicted molar refractivity (Wildman–Crippen MR) is 74.0 cm³/mol. The van der Waals surface area contributed by atoms with Gasteiger partial charge in [0, 0.05) is 12.1 Å². The first-order valence-corrected chi connectivity index (χ1v) is 7.40. The molecule has 17 heavy (non-hydrogen) atoms. The van der Waals surface area contributed by atoms with Crippen LogP contribution >= 0.6 is 0 Å². The Balaban J connectivity index is 1.79. The van der Waals surface area contributed by atoms with E-state index in [1.165, 1.54) is 51.6 Å². The highest BCUT2D eigenvalue weighted by Gasteiger charge is 2.34. The van der Waals surface area contributed by atoms with Gasteiger partial charge < -0.3 is 10.6 Å². The Morgan fingerprint density at radius 3 is 2.12 bits per heavy atom. The summed E-state index contributed by atoms with van der Waals surface area (Å²) in [7, 11) is 0. The molecule has 0 amide bonds. The highest BCUT2D eigenvalue weighted by molar-refractivity contribution is 4.93. The molecule has 1 heterocycles. The average Bonchev–Trinajstić information content (AvgIpc) is 2.64. The second-order valence-corrected chi connectivity index (χ2v) is 7.49. The molecule has 2 N–H and O–H groups in total. The zero-order valence-corrected chi connectivity index (χ0v) is 12.0. The molecule has 0 aromatic carbocycles. The lowest BCUT2D eigenvalue weighted by molar-refractivity contribution is 0.0957. The van der Waals surface area contributed by atoms with Gasteiger partial charge in [-0.15, -0.1) is 0 Å². The van der Waals surface area contributed by atoms with Crippen LogP contribution in [0.4, 0.5) is 0 Å². The van der Waals surface area contributed by atoms with Gasteiger partial charge in [0.1, 0.15) is 0 Å². The van der Waals surface area contributed by atoms with Crippen molar-refractivity contribution in [3.63, 3.8) is 0 Å². The van der Waals surface area contributed by atoms with Crippen molar-refractivity contribution in [2.24, 2.45) is 17.1 Å². The smallest absolute Gasteiger partial charge is 0.0283 e. The summed E-state index contributed by atoms with van der Waals surface area (Å²) in [6.45, 7) is 10.8. The largest absolute Gasteiger partial charge is 0.324 e. The molecule has 2 rings (SSSR count). The van der Waals surface area contributed by atoms with E-state index in [1.54, 1.807) is 0 Å². The van der Waals surface area contributed by atoms with E-state index in [9.17, 15) is 0 Å². The number of rotatable bonds is 2. The van der Waals surface area contributed by atoms with Gasteiger partial charge in [-0.05, 0) is 50.1 Å². The topological polar surface area (TPSA) is 29.3 Å². The third-order valence-corrected chi connectivity index (χ3v) is 4.95. The molecule has 100 valence electrons. The molecule has 2 nitrogen and oxygen atoms in total. The standard InChI is InChI=1S/C15H30N2/c1-14(2,3)13-6-10-17(11-7-13)12-15(16)8-4-5-9-15/h13H,4-12,16H2,1-3H3. The summed E-state index contributed by atoms with van der Waals surface area (Å²) in [5.74, 6) is 0.899. The molecule has 0 aromatic heterocycles. The number of hydrogen-bond acceptors (Lipinski definition) is 2. The second kappa shape index (κ2) is 4.89. The number of piperidine rings is 1. The number of nitrogens with two attached hydrogens (primary N) is 1. The third-order valence-electron chi connectivity index (χ3n) is 4.95. The van der Waals surface area contributed by atoms with Gasteiger partial charge in [-0.25, -0.2) is 0 Å². The van der Waals surface area contributed by atoms with Gasteiger partial charge in [0.2, 0.25) is 0 Å². The van der Waals surface area contributed by atoms with Crippen LogP contribution in [0.5, 0.6) is 0 Å². The monoisotopic (exact) mass is 238 g/mol. The van der Waals surface area contributed by atoms with Crippen LogP contribution in [-0.4, -0.2) is 30.1 Å². The summed E-state index contributed by atoms with van der Waals surface area (Å²) in [6, 6.07) is 0. The Morgan fingerprint density at radius 2 is 1.65 bits per heavy atom. The van der Waals surface area contributed by atoms with E-state index < -0.39 is 0 Å². The first-order chi connectivity index (χ1) is 7.89. The lowest BCUT2D eigenvalue weighted by Crippen LogP contribution is -2.50. The van der Waals surface area contributed by atoms with E-state index >= 15 is 0 Å². The first kappa shape index (κ1) is 13.4. The van der Waals surface area contributed by atoms with Gasteiger partial charge >= 0.3 is 0 Å². The molecule has 1 saturated carbocycles. The van der Waals surface area contributed by atoms with Gasteiger partial charge in [-0.3, -0.25) is 0 Å². The maximum absolute atomic E-state index is 6.47. The minimum Gasteiger partial charge on any atom is -0.324 e. The van der Waals surface area contributed by atoms with Crippen molar-refractivity contribution in [2.45, 2.75) is 64.8 Å². The van der Waals surface area contributed by atoms with Gasteiger partial charge in [0.15, 0.2) is 0 Å². The Morgan fingerprint density at radius 1 is 1.12 bits per heavy atom. The van der Waals surface area contributed by atoms with E-state index in [0.717, 1.165) is 12.5 Å². The van der Waals surface area contributed by atoms with Crippen LogP contribution in [0.3, 0.4) is 0 Å². The predicted octanol–water partition coefficient (Wildman–Crippen LogP) is 3.02. The molecule has 1 saturated heterocycles. The summed E-state index contributed by atoms with van der Waals surface area (Å²) < 4.78 is 0. The van der Waals surface area contributed by atoms with Crippen LogP contribution in [0, 0.1) is 11.3 Å². The van der Waals surface area contributed by atoms with Crippen LogP contribution < -0.4 is 5.73 Å². The van der Waals surface area contributed by atoms with Crippen molar-refractivity contribution in [3.8, 4) is 0 Å². The van der Waals surface area contributed by atoms with E-state index in [1.807, 2.05) is 0 Å². The fourth-order valence-electron chi connectivity index (χ4n) is 3.64. The molecule has 2 heteroatoms. The van der Waals surface area contributed by atoms with E-state index in [-0.39, 0.29) is 5.54 Å². The minimum atomic E-state index is 0.147. The quantitative estimate of drug-likeness (QED) is 0.801. The van der Waals surface area contributed by atoms with E-state index in [0.29, 0.717) is 5.41 Å². The Labute approximate surface area is 107 Å². The van der Waals surface area contributed by atoms with Crippen LogP contribution in [0.25, 0.3) is 0 Å². The second-order valence-electron chi connectivity index (χ2n) is 7.49. The summed E-state index contributed by atoms with van der Waals surface area (Å²) in [5.41, 5.74) is 7.10. The van der Waals surface area contributed by atoms with Gasteiger partial charge in [-0.1, -0.05) is 33.6 Å². The molecule has 2 fully saturated rings. The number of hydrogen-bond donors (Lipinski definition) is 1. The third kappa shape index (κ3) is 3.45. The Bertz CT molecular complexity index is 240. The van der Waals surface area contributed by atoms with Crippen LogP contribution in [0.1, 0.15) is 59.3 Å². The summed E-state index contributed by atoms with van der Waals surface area (Å²) >= 11 is 0. The zero-order valence-electron chi connectivity index (χ0n) is 12.0.